The molecule has 2 N–H and O–H groups in total. The lowest BCUT2D eigenvalue weighted by Crippen LogP contribution is -2.32. The monoisotopic (exact) mass is 374 g/mol. The van der Waals surface area contributed by atoms with Gasteiger partial charge in [0, 0.05) is 30.4 Å². The Hall–Kier alpha value is -2.45. The molecule has 1 aliphatic heterocycles. The highest BCUT2D eigenvalue weighted by Gasteiger charge is 2.25. The average molecular weight is 374 g/mol. The first-order valence-electron chi connectivity index (χ1n) is 8.52. The minimum absolute atomic E-state index is 0.106. The van der Waals surface area contributed by atoms with Gasteiger partial charge in [0.15, 0.2) is 0 Å². The number of hydrogen-bond donors (Lipinski definition) is 2. The minimum Gasteiger partial charge on any atom is -0.480 e. The predicted octanol–water partition coefficient (Wildman–Crippen LogP) is 3.03. The number of carbonyl (C=O) groups is 2. The molecule has 0 bridgehead atoms. The number of carboxylic acid groups (broad SMARTS) is 1. The van der Waals surface area contributed by atoms with E-state index in [1.54, 1.807) is 47.3 Å². The number of nitrogens with one attached hydrogen (secondary N) is 1. The van der Waals surface area contributed by atoms with E-state index in [-0.39, 0.29) is 6.03 Å². The van der Waals surface area contributed by atoms with Crippen LogP contribution >= 0.6 is 11.3 Å². The van der Waals surface area contributed by atoms with Crippen molar-refractivity contribution in [2.45, 2.75) is 25.4 Å². The fraction of sp³-hybridized carbons (Fsp3) is 0.389. The van der Waals surface area contributed by atoms with E-state index in [0.717, 1.165) is 30.9 Å². The number of aliphatic carboxylic acids is 1. The Balaban J connectivity index is 1.67. The molecule has 2 aromatic rings. The predicted molar refractivity (Wildman–Crippen MR) is 100 cm³/mol. The lowest BCUT2D eigenvalue weighted by atomic mass is 10.1. The molecule has 2 amide bonds. The molecule has 1 atom stereocenters. The minimum atomic E-state index is -0.919. The van der Waals surface area contributed by atoms with Crippen molar-refractivity contribution in [3.05, 3.63) is 46.4 Å². The van der Waals surface area contributed by atoms with Crippen LogP contribution in [0.5, 0.6) is 0 Å². The van der Waals surface area contributed by atoms with Crippen LogP contribution in [0, 0.1) is 0 Å². The van der Waals surface area contributed by atoms with Crippen LogP contribution in [0.25, 0.3) is 0 Å². The van der Waals surface area contributed by atoms with Crippen LogP contribution in [-0.2, 0) is 11.3 Å². The Labute approximate surface area is 156 Å². The van der Waals surface area contributed by atoms with Gasteiger partial charge in [-0.15, -0.1) is 11.3 Å². The van der Waals surface area contributed by atoms with E-state index in [1.165, 1.54) is 11.3 Å². The Bertz CT molecular complexity index is 742. The second-order valence-corrected chi connectivity index (χ2v) is 7.31. The maximum absolute atomic E-state index is 12.1. The van der Waals surface area contributed by atoms with Gasteiger partial charge >= 0.3 is 12.0 Å². The summed E-state index contributed by atoms with van der Waals surface area (Å²) < 4.78 is 0. The molecule has 3 rings (SSSR count). The number of aromatic nitrogens is 1. The lowest BCUT2D eigenvalue weighted by Gasteiger charge is -2.24. The van der Waals surface area contributed by atoms with E-state index in [9.17, 15) is 14.7 Å². The Kier molecular flexibility index (Phi) is 5.85. The Morgan fingerprint density at radius 2 is 2.00 bits per heavy atom. The van der Waals surface area contributed by atoms with E-state index in [1.807, 2.05) is 5.38 Å². The largest absolute Gasteiger partial charge is 0.480 e. The van der Waals surface area contributed by atoms with Crippen molar-refractivity contribution in [3.63, 3.8) is 0 Å². The standard InChI is InChI=1S/C18H22N4O3S/c1-21(12-15-19-8-11-26-15)16(17(23)24)13-4-6-14(7-5-13)20-18(25)22-9-2-3-10-22/h4-8,11,16H,2-3,9-10,12H2,1H3,(H,20,25)(H,23,24). The molecular weight excluding hydrogens is 352 g/mol. The Morgan fingerprint density at radius 3 is 2.58 bits per heavy atom. The van der Waals surface area contributed by atoms with Crippen LogP contribution in [0.3, 0.4) is 0 Å². The van der Waals surface area contributed by atoms with Gasteiger partial charge < -0.3 is 15.3 Å². The number of carboxylic acids is 1. The molecule has 1 aliphatic rings. The number of benzene rings is 1. The van der Waals surface area contributed by atoms with Gasteiger partial charge in [-0.05, 0) is 37.6 Å². The summed E-state index contributed by atoms with van der Waals surface area (Å²) in [6, 6.07) is 6.11. The van der Waals surface area contributed by atoms with E-state index >= 15 is 0 Å². The highest BCUT2D eigenvalue weighted by Crippen LogP contribution is 2.24. The van der Waals surface area contributed by atoms with Crippen molar-refractivity contribution in [2.24, 2.45) is 0 Å². The maximum atomic E-state index is 12.1. The van der Waals surface area contributed by atoms with Crippen LogP contribution < -0.4 is 5.32 Å². The van der Waals surface area contributed by atoms with Gasteiger partial charge in [-0.3, -0.25) is 9.69 Å². The van der Waals surface area contributed by atoms with Crippen molar-refractivity contribution >= 4 is 29.0 Å². The van der Waals surface area contributed by atoms with Crippen LogP contribution in [0.1, 0.15) is 29.5 Å². The third-order valence-corrected chi connectivity index (χ3v) is 5.18. The second kappa shape index (κ2) is 8.29. The summed E-state index contributed by atoms with van der Waals surface area (Å²) in [5, 5.41) is 15.3. The summed E-state index contributed by atoms with van der Waals surface area (Å²) in [6.45, 7) is 2.03. The maximum Gasteiger partial charge on any atom is 0.325 e. The highest BCUT2D eigenvalue weighted by molar-refractivity contribution is 7.09. The summed E-state index contributed by atoms with van der Waals surface area (Å²) in [4.78, 5) is 31.7. The van der Waals surface area contributed by atoms with Gasteiger partial charge in [0.1, 0.15) is 11.0 Å². The molecule has 1 unspecified atom stereocenters. The molecule has 8 heteroatoms. The van der Waals surface area contributed by atoms with Crippen molar-refractivity contribution in [1.29, 1.82) is 0 Å². The first-order valence-corrected chi connectivity index (χ1v) is 9.40. The van der Waals surface area contributed by atoms with E-state index in [0.29, 0.717) is 17.8 Å². The lowest BCUT2D eigenvalue weighted by molar-refractivity contribution is -0.143. The molecule has 0 aliphatic carbocycles. The average Bonchev–Trinajstić information content (AvgIpc) is 3.29. The number of carbonyl (C=O) groups excluding carboxylic acids is 1. The van der Waals surface area contributed by atoms with E-state index < -0.39 is 12.0 Å². The summed E-state index contributed by atoms with van der Waals surface area (Å²) in [6.07, 6.45) is 3.79. The number of anilines is 1. The summed E-state index contributed by atoms with van der Waals surface area (Å²) in [5.41, 5.74) is 1.33. The number of thiazole rings is 1. The van der Waals surface area contributed by atoms with Gasteiger partial charge in [-0.25, -0.2) is 9.78 Å². The zero-order valence-corrected chi connectivity index (χ0v) is 15.4. The van der Waals surface area contributed by atoms with Crippen molar-refractivity contribution < 1.29 is 14.7 Å². The summed E-state index contributed by atoms with van der Waals surface area (Å²) in [7, 11) is 1.77. The molecule has 2 heterocycles. The van der Waals surface area contributed by atoms with Crippen molar-refractivity contribution in [2.75, 3.05) is 25.5 Å². The molecule has 26 heavy (non-hydrogen) atoms. The number of nitrogens with zero attached hydrogens (tertiary/aromatic N) is 3. The molecule has 1 aromatic carbocycles. The number of amides is 2. The molecule has 1 fully saturated rings. The quantitative estimate of drug-likeness (QED) is 0.812. The molecular formula is C18H22N4O3S. The van der Waals surface area contributed by atoms with Crippen LogP contribution in [0.4, 0.5) is 10.5 Å². The SMILES string of the molecule is CN(Cc1nccs1)C(C(=O)O)c1ccc(NC(=O)N2CCCC2)cc1. The van der Waals surface area contributed by atoms with Crippen molar-refractivity contribution in [1.82, 2.24) is 14.8 Å². The highest BCUT2D eigenvalue weighted by atomic mass is 32.1. The molecule has 0 saturated carbocycles. The fourth-order valence-corrected chi connectivity index (χ4v) is 3.77. The van der Waals surface area contributed by atoms with Gasteiger partial charge in [-0.2, -0.15) is 0 Å². The second-order valence-electron chi connectivity index (χ2n) is 6.33. The number of likely N-dealkylation sites (N-methyl/N-ethyl adjacent to an activating group) is 1. The number of rotatable bonds is 6. The van der Waals surface area contributed by atoms with Crippen molar-refractivity contribution in [3.8, 4) is 0 Å². The van der Waals surface area contributed by atoms with E-state index in [2.05, 4.69) is 10.3 Å². The zero-order chi connectivity index (χ0) is 18.5. The molecule has 138 valence electrons. The van der Waals surface area contributed by atoms with Gasteiger partial charge in [0.25, 0.3) is 0 Å². The Morgan fingerprint density at radius 1 is 1.31 bits per heavy atom. The van der Waals surface area contributed by atoms with Gasteiger partial charge in [0.2, 0.25) is 0 Å². The first-order chi connectivity index (χ1) is 12.5. The third-order valence-electron chi connectivity index (χ3n) is 4.41. The topological polar surface area (TPSA) is 85.8 Å². The number of hydrogen-bond acceptors (Lipinski definition) is 5. The summed E-state index contributed by atoms with van der Waals surface area (Å²) in [5.74, 6) is -0.919. The van der Waals surface area contributed by atoms with E-state index in [4.69, 9.17) is 0 Å². The smallest absolute Gasteiger partial charge is 0.325 e. The molecule has 1 saturated heterocycles. The zero-order valence-electron chi connectivity index (χ0n) is 14.6. The van der Waals surface area contributed by atoms with Crippen LogP contribution in [0.2, 0.25) is 0 Å². The summed E-state index contributed by atoms with van der Waals surface area (Å²) >= 11 is 1.50. The molecule has 7 nitrogen and oxygen atoms in total. The first kappa shape index (κ1) is 18.3. The molecule has 0 spiro atoms. The third kappa shape index (κ3) is 4.39. The normalized spacial score (nSPS) is 15.2. The molecule has 0 radical (unpaired) electrons. The van der Waals surface area contributed by atoms with Gasteiger partial charge in [-0.1, -0.05) is 12.1 Å². The number of urea groups is 1. The van der Waals surface area contributed by atoms with Crippen LogP contribution in [-0.4, -0.2) is 52.0 Å². The molecule has 1 aromatic heterocycles. The fourth-order valence-electron chi connectivity index (χ4n) is 3.09. The number of likely N-dealkylation sites (tertiary alicyclic amines) is 1. The van der Waals surface area contributed by atoms with Crippen LogP contribution in [0.15, 0.2) is 35.8 Å². The van der Waals surface area contributed by atoms with Gasteiger partial charge in [0.05, 0.1) is 6.54 Å².